The van der Waals surface area contributed by atoms with Gasteiger partial charge in [-0.2, -0.15) is 8.42 Å². The largest absolute Gasteiger partial charge is 0.375 e. The summed E-state index contributed by atoms with van der Waals surface area (Å²) in [5.41, 5.74) is -1.88. The topological polar surface area (TPSA) is 110 Å². The summed E-state index contributed by atoms with van der Waals surface area (Å²) in [6.45, 7) is 0.118. The van der Waals surface area contributed by atoms with E-state index >= 15 is 0 Å². The van der Waals surface area contributed by atoms with E-state index in [1.165, 1.54) is 24.3 Å². The molecular formula is C17H17NO6S. The second-order valence-electron chi connectivity index (χ2n) is 5.30. The maximum atomic E-state index is 12.8. The van der Waals surface area contributed by atoms with Crippen molar-refractivity contribution in [1.29, 1.82) is 0 Å². The van der Waals surface area contributed by atoms with Crippen molar-refractivity contribution >= 4 is 22.0 Å². The van der Waals surface area contributed by atoms with Crippen LogP contribution in [0.25, 0.3) is 0 Å². The molecule has 0 bridgehead atoms. The van der Waals surface area contributed by atoms with Crippen LogP contribution in [0.3, 0.4) is 0 Å². The van der Waals surface area contributed by atoms with Crippen LogP contribution in [0.4, 0.5) is 0 Å². The molecule has 2 aromatic rings. The Morgan fingerprint density at radius 1 is 1.04 bits per heavy atom. The smallest absolute Gasteiger partial charge is 0.362 e. The summed E-state index contributed by atoms with van der Waals surface area (Å²) in [5.74, 6) is -1.57. The molecule has 1 unspecified atom stereocenters. The molecule has 8 heteroatoms. The van der Waals surface area contributed by atoms with Gasteiger partial charge >= 0.3 is 10.3 Å². The van der Waals surface area contributed by atoms with E-state index in [0.29, 0.717) is 0 Å². The normalized spacial score (nSPS) is 13.7. The maximum absolute atomic E-state index is 12.8. The molecule has 132 valence electrons. The van der Waals surface area contributed by atoms with E-state index in [1.54, 1.807) is 41.1 Å². The first kappa shape index (κ1) is 18.8. The number of ketones is 1. The Labute approximate surface area is 145 Å². The van der Waals surface area contributed by atoms with Gasteiger partial charge in [0.2, 0.25) is 11.7 Å². The number of aliphatic hydroxyl groups is 1. The quantitative estimate of drug-likeness (QED) is 0.714. The summed E-state index contributed by atoms with van der Waals surface area (Å²) in [7, 11) is -4.45. The number of Topliss-reactive ketones (excluding diaryl/α,β-unsaturated/α-hetero) is 1. The van der Waals surface area contributed by atoms with Crippen LogP contribution in [0, 0.1) is 0 Å². The van der Waals surface area contributed by atoms with Gasteiger partial charge in [-0.1, -0.05) is 60.7 Å². The molecule has 0 fully saturated rings. The molecule has 0 aliphatic rings. The maximum Gasteiger partial charge on any atom is 0.362 e. The van der Waals surface area contributed by atoms with Crippen molar-refractivity contribution < 1.29 is 27.3 Å². The van der Waals surface area contributed by atoms with Crippen LogP contribution in [0.2, 0.25) is 0 Å². The van der Waals surface area contributed by atoms with Gasteiger partial charge in [0, 0.05) is 12.5 Å². The van der Waals surface area contributed by atoms with E-state index < -0.39 is 34.2 Å². The molecule has 1 amide bonds. The Morgan fingerprint density at radius 3 is 2.08 bits per heavy atom. The molecule has 0 aliphatic carbocycles. The van der Waals surface area contributed by atoms with Crippen LogP contribution in [0.15, 0.2) is 60.7 Å². The highest BCUT2D eigenvalue weighted by Crippen LogP contribution is 2.27. The predicted octanol–water partition coefficient (Wildman–Crippen LogP) is 1.15. The average molecular weight is 363 g/mol. The molecule has 0 saturated carbocycles. The third-order valence-corrected chi connectivity index (χ3v) is 4.32. The predicted molar refractivity (Wildman–Crippen MR) is 89.8 cm³/mol. The molecule has 2 rings (SSSR count). The lowest BCUT2D eigenvalue weighted by molar-refractivity contribution is -0.117. The molecule has 7 nitrogen and oxygen atoms in total. The first-order valence-electron chi connectivity index (χ1n) is 7.30. The SMILES string of the molecule is CC(=O)NS(=O)(=O)OCC(O)(C(=O)c1ccccc1)c1ccccc1. The van der Waals surface area contributed by atoms with Crippen LogP contribution in [0.5, 0.6) is 0 Å². The molecule has 0 heterocycles. The van der Waals surface area contributed by atoms with Crippen molar-refractivity contribution in [3.05, 3.63) is 71.8 Å². The van der Waals surface area contributed by atoms with Crippen molar-refractivity contribution in [2.45, 2.75) is 12.5 Å². The number of nitrogens with one attached hydrogen (secondary N) is 1. The molecule has 0 saturated heterocycles. The first-order valence-corrected chi connectivity index (χ1v) is 8.71. The second kappa shape index (κ2) is 7.56. The third-order valence-electron chi connectivity index (χ3n) is 3.35. The molecule has 2 aromatic carbocycles. The zero-order valence-corrected chi connectivity index (χ0v) is 14.2. The molecular weight excluding hydrogens is 346 g/mol. The minimum Gasteiger partial charge on any atom is -0.375 e. The Kier molecular flexibility index (Phi) is 5.68. The monoisotopic (exact) mass is 363 g/mol. The van der Waals surface area contributed by atoms with Gasteiger partial charge in [-0.05, 0) is 5.56 Å². The summed E-state index contributed by atoms with van der Waals surface area (Å²) in [6, 6.07) is 15.8. The van der Waals surface area contributed by atoms with Gasteiger partial charge in [-0.15, -0.1) is 0 Å². The van der Waals surface area contributed by atoms with E-state index in [-0.39, 0.29) is 11.1 Å². The van der Waals surface area contributed by atoms with Gasteiger partial charge in [0.1, 0.15) is 6.61 Å². The number of carbonyl (C=O) groups is 2. The highest BCUT2D eigenvalue weighted by molar-refractivity contribution is 7.85. The van der Waals surface area contributed by atoms with Crippen molar-refractivity contribution in [2.24, 2.45) is 0 Å². The molecule has 0 aliphatic heterocycles. The van der Waals surface area contributed by atoms with Gasteiger partial charge in [0.05, 0.1) is 0 Å². The Bertz CT molecular complexity index is 851. The fourth-order valence-electron chi connectivity index (χ4n) is 2.19. The minimum absolute atomic E-state index is 0.168. The van der Waals surface area contributed by atoms with Crippen LogP contribution >= 0.6 is 0 Å². The van der Waals surface area contributed by atoms with Gasteiger partial charge in [0.25, 0.3) is 0 Å². The molecule has 0 aromatic heterocycles. The van der Waals surface area contributed by atoms with Gasteiger partial charge in [0.15, 0.2) is 5.60 Å². The fourth-order valence-corrected chi connectivity index (χ4v) is 2.93. The minimum atomic E-state index is -4.45. The molecule has 0 radical (unpaired) electrons. The van der Waals surface area contributed by atoms with Crippen LogP contribution < -0.4 is 4.72 Å². The zero-order valence-electron chi connectivity index (χ0n) is 13.4. The first-order chi connectivity index (χ1) is 11.7. The standard InChI is InChI=1S/C17H17NO6S/c1-13(19)18-25(22,23)24-12-17(21,15-10-6-3-7-11-15)16(20)14-8-4-2-5-9-14/h2-11,21H,12H2,1H3,(H,18,19). The van der Waals surface area contributed by atoms with E-state index in [4.69, 9.17) is 0 Å². The van der Waals surface area contributed by atoms with Gasteiger partial charge < -0.3 is 5.11 Å². The van der Waals surface area contributed by atoms with E-state index in [2.05, 4.69) is 4.18 Å². The van der Waals surface area contributed by atoms with Gasteiger partial charge in [-0.3, -0.25) is 9.59 Å². The van der Waals surface area contributed by atoms with Crippen molar-refractivity contribution in [1.82, 2.24) is 4.72 Å². The van der Waals surface area contributed by atoms with E-state index in [1.807, 2.05) is 0 Å². The van der Waals surface area contributed by atoms with Crippen molar-refractivity contribution in [3.8, 4) is 0 Å². The van der Waals surface area contributed by atoms with E-state index in [9.17, 15) is 23.1 Å². The Morgan fingerprint density at radius 2 is 1.56 bits per heavy atom. The lowest BCUT2D eigenvalue weighted by atomic mass is 9.86. The number of amides is 1. The number of hydrogen-bond acceptors (Lipinski definition) is 6. The third kappa shape index (κ3) is 4.72. The number of rotatable bonds is 7. The van der Waals surface area contributed by atoms with Crippen LogP contribution in [-0.2, 0) is 24.9 Å². The summed E-state index contributed by atoms with van der Waals surface area (Å²) in [4.78, 5) is 23.7. The molecule has 25 heavy (non-hydrogen) atoms. The highest BCUT2D eigenvalue weighted by Gasteiger charge is 2.40. The lowest BCUT2D eigenvalue weighted by Gasteiger charge is -2.26. The Balaban J connectivity index is 2.37. The zero-order chi connectivity index (χ0) is 18.5. The van der Waals surface area contributed by atoms with Crippen LogP contribution in [0.1, 0.15) is 22.8 Å². The fraction of sp³-hybridized carbons (Fsp3) is 0.176. The summed E-state index contributed by atoms with van der Waals surface area (Å²) in [6.07, 6.45) is 0. The highest BCUT2D eigenvalue weighted by atomic mass is 32.2. The van der Waals surface area contributed by atoms with Gasteiger partial charge in [-0.25, -0.2) is 8.91 Å². The number of carbonyl (C=O) groups excluding carboxylic acids is 2. The summed E-state index contributed by atoms with van der Waals surface area (Å²) in [5, 5.41) is 11.0. The molecule has 1 atom stereocenters. The average Bonchev–Trinajstić information content (AvgIpc) is 2.59. The lowest BCUT2D eigenvalue weighted by Crippen LogP contribution is -2.43. The summed E-state index contributed by atoms with van der Waals surface area (Å²) < 4.78 is 29.7. The number of benzene rings is 2. The summed E-state index contributed by atoms with van der Waals surface area (Å²) >= 11 is 0. The van der Waals surface area contributed by atoms with E-state index in [0.717, 1.165) is 6.92 Å². The number of hydrogen-bond donors (Lipinski definition) is 2. The molecule has 2 N–H and O–H groups in total. The Hall–Kier alpha value is -2.55. The molecule has 0 spiro atoms. The van der Waals surface area contributed by atoms with Crippen molar-refractivity contribution in [2.75, 3.05) is 6.61 Å². The van der Waals surface area contributed by atoms with Crippen LogP contribution in [-0.4, -0.2) is 31.8 Å². The second-order valence-corrected chi connectivity index (χ2v) is 6.64. The van der Waals surface area contributed by atoms with Crippen molar-refractivity contribution in [3.63, 3.8) is 0 Å².